The van der Waals surface area contributed by atoms with Gasteiger partial charge in [-0.3, -0.25) is 4.90 Å². The molecule has 0 saturated carbocycles. The summed E-state index contributed by atoms with van der Waals surface area (Å²) in [7, 11) is 3.18. The van der Waals surface area contributed by atoms with Crippen molar-refractivity contribution in [3.63, 3.8) is 0 Å². The van der Waals surface area contributed by atoms with Crippen LogP contribution in [0.1, 0.15) is 17.2 Å². The number of ether oxygens (including phenoxy) is 3. The van der Waals surface area contributed by atoms with Crippen molar-refractivity contribution in [3.8, 4) is 17.2 Å². The first-order valence-electron chi connectivity index (χ1n) is 8.93. The van der Waals surface area contributed by atoms with Gasteiger partial charge in [0, 0.05) is 37.8 Å². The van der Waals surface area contributed by atoms with Crippen molar-refractivity contribution in [2.75, 3.05) is 40.4 Å². The van der Waals surface area contributed by atoms with Crippen molar-refractivity contribution < 1.29 is 27.4 Å². The van der Waals surface area contributed by atoms with Gasteiger partial charge >= 0.3 is 6.36 Å². The first kappa shape index (κ1) is 20.3. The third-order valence-electron chi connectivity index (χ3n) is 4.68. The smallest absolute Gasteiger partial charge is 0.497 e. The first-order valence-corrected chi connectivity index (χ1v) is 8.93. The molecule has 0 unspecified atom stereocenters. The molecule has 1 heterocycles. The minimum Gasteiger partial charge on any atom is -0.497 e. The number of benzene rings is 2. The third kappa shape index (κ3) is 4.88. The maximum Gasteiger partial charge on any atom is 0.573 e. The highest BCUT2D eigenvalue weighted by atomic mass is 19.4. The summed E-state index contributed by atoms with van der Waals surface area (Å²) in [6.45, 7) is 3.29. The van der Waals surface area contributed by atoms with E-state index in [0.717, 1.165) is 37.3 Å². The van der Waals surface area contributed by atoms with E-state index in [9.17, 15) is 13.2 Å². The molecule has 5 nitrogen and oxygen atoms in total. The highest BCUT2D eigenvalue weighted by Crippen LogP contribution is 2.37. The minimum absolute atomic E-state index is 0.164. The van der Waals surface area contributed by atoms with Crippen LogP contribution in [0.15, 0.2) is 42.5 Å². The topological polar surface area (TPSA) is 43.0 Å². The number of halogens is 3. The molecule has 1 fully saturated rings. The standard InChI is InChI=1S/C20H23F3N2O3/c1-26-16-7-8-17(18(13-16)27-2)19(25-11-9-24-10-12-25)14-3-5-15(6-4-14)28-20(21,22)23/h3-8,13,19,24H,9-12H2,1-2H3/t19-/m1/s1. The summed E-state index contributed by atoms with van der Waals surface area (Å²) >= 11 is 0. The Bertz CT molecular complexity index is 775. The molecule has 0 spiro atoms. The van der Waals surface area contributed by atoms with Crippen molar-refractivity contribution in [1.29, 1.82) is 0 Å². The highest BCUT2D eigenvalue weighted by Gasteiger charge is 2.31. The van der Waals surface area contributed by atoms with E-state index in [4.69, 9.17) is 9.47 Å². The predicted molar refractivity (Wildman–Crippen MR) is 99.0 cm³/mol. The van der Waals surface area contributed by atoms with Gasteiger partial charge in [0.05, 0.1) is 20.3 Å². The average Bonchev–Trinajstić information content (AvgIpc) is 2.69. The lowest BCUT2D eigenvalue weighted by Crippen LogP contribution is -2.45. The van der Waals surface area contributed by atoms with Gasteiger partial charge in [-0.2, -0.15) is 0 Å². The van der Waals surface area contributed by atoms with Crippen LogP contribution in [0.2, 0.25) is 0 Å². The van der Waals surface area contributed by atoms with E-state index >= 15 is 0 Å². The summed E-state index contributed by atoms with van der Waals surface area (Å²) < 4.78 is 52.2. The fraction of sp³-hybridized carbons (Fsp3) is 0.400. The summed E-state index contributed by atoms with van der Waals surface area (Å²) in [4.78, 5) is 2.28. The molecule has 0 amide bonds. The number of piperazine rings is 1. The van der Waals surface area contributed by atoms with Gasteiger partial charge in [-0.15, -0.1) is 13.2 Å². The van der Waals surface area contributed by atoms with E-state index in [-0.39, 0.29) is 11.8 Å². The highest BCUT2D eigenvalue weighted by molar-refractivity contribution is 5.47. The molecule has 1 aliphatic rings. The van der Waals surface area contributed by atoms with Crippen molar-refractivity contribution in [3.05, 3.63) is 53.6 Å². The summed E-state index contributed by atoms with van der Waals surface area (Å²) in [5.41, 5.74) is 1.79. The van der Waals surface area contributed by atoms with Gasteiger partial charge in [-0.25, -0.2) is 0 Å². The molecule has 1 N–H and O–H groups in total. The molecular weight excluding hydrogens is 373 g/mol. The summed E-state index contributed by atoms with van der Waals surface area (Å²) in [6, 6.07) is 11.4. The SMILES string of the molecule is COc1ccc([C@@H](c2ccc(OC(F)(F)F)cc2)N2CCNCC2)c(OC)c1. The second-order valence-electron chi connectivity index (χ2n) is 6.41. The second kappa shape index (κ2) is 8.70. The maximum absolute atomic E-state index is 12.5. The number of nitrogens with one attached hydrogen (secondary N) is 1. The normalized spacial score (nSPS) is 16.5. The van der Waals surface area contributed by atoms with E-state index < -0.39 is 6.36 Å². The van der Waals surface area contributed by atoms with Crippen LogP contribution in [0, 0.1) is 0 Å². The summed E-state index contributed by atoms with van der Waals surface area (Å²) in [6.07, 6.45) is -4.71. The lowest BCUT2D eigenvalue weighted by molar-refractivity contribution is -0.274. The second-order valence-corrected chi connectivity index (χ2v) is 6.41. The zero-order chi connectivity index (χ0) is 20.1. The Hall–Kier alpha value is -2.45. The molecule has 28 heavy (non-hydrogen) atoms. The molecule has 1 aliphatic heterocycles. The van der Waals surface area contributed by atoms with Gasteiger partial charge in [-0.05, 0) is 29.8 Å². The summed E-state index contributed by atoms with van der Waals surface area (Å²) in [5, 5.41) is 3.32. The molecule has 2 aromatic rings. The fourth-order valence-corrected chi connectivity index (χ4v) is 3.42. The van der Waals surface area contributed by atoms with Crippen LogP contribution in [0.5, 0.6) is 17.2 Å². The molecule has 0 aromatic heterocycles. The number of rotatable bonds is 6. The molecule has 2 aromatic carbocycles. The molecule has 1 atom stereocenters. The first-order chi connectivity index (χ1) is 13.4. The van der Waals surface area contributed by atoms with Crippen LogP contribution in [-0.4, -0.2) is 51.7 Å². The lowest BCUT2D eigenvalue weighted by Gasteiger charge is -2.36. The van der Waals surface area contributed by atoms with E-state index in [2.05, 4.69) is 15.0 Å². The third-order valence-corrected chi connectivity index (χ3v) is 4.68. The fourth-order valence-electron chi connectivity index (χ4n) is 3.42. The van der Waals surface area contributed by atoms with Crippen LogP contribution in [0.3, 0.4) is 0 Å². The van der Waals surface area contributed by atoms with Crippen molar-refractivity contribution >= 4 is 0 Å². The molecule has 0 aliphatic carbocycles. The van der Waals surface area contributed by atoms with Crippen LogP contribution in [0.25, 0.3) is 0 Å². The zero-order valence-corrected chi connectivity index (χ0v) is 15.8. The van der Waals surface area contributed by atoms with Crippen molar-refractivity contribution in [2.24, 2.45) is 0 Å². The zero-order valence-electron chi connectivity index (χ0n) is 15.8. The predicted octanol–water partition coefficient (Wildman–Crippen LogP) is 3.60. The lowest BCUT2D eigenvalue weighted by atomic mass is 9.95. The molecule has 3 rings (SSSR count). The van der Waals surface area contributed by atoms with E-state index in [1.165, 1.54) is 12.1 Å². The number of nitrogens with zero attached hydrogens (tertiary/aromatic N) is 1. The Morgan fingerprint density at radius 3 is 2.14 bits per heavy atom. The molecule has 8 heteroatoms. The largest absolute Gasteiger partial charge is 0.573 e. The van der Waals surface area contributed by atoms with Gasteiger partial charge in [0.2, 0.25) is 0 Å². The Morgan fingerprint density at radius 1 is 0.929 bits per heavy atom. The Kier molecular flexibility index (Phi) is 6.31. The molecular formula is C20H23F3N2O3. The van der Waals surface area contributed by atoms with Gasteiger partial charge in [0.1, 0.15) is 17.2 Å². The van der Waals surface area contributed by atoms with Crippen LogP contribution < -0.4 is 19.5 Å². The Labute approximate surface area is 162 Å². The van der Waals surface area contributed by atoms with Gasteiger partial charge in [0.15, 0.2) is 0 Å². The van der Waals surface area contributed by atoms with Crippen molar-refractivity contribution in [2.45, 2.75) is 12.4 Å². The molecule has 152 valence electrons. The monoisotopic (exact) mass is 396 g/mol. The van der Waals surface area contributed by atoms with Crippen molar-refractivity contribution in [1.82, 2.24) is 10.2 Å². The number of methoxy groups -OCH3 is 2. The van der Waals surface area contributed by atoms with E-state index in [1.54, 1.807) is 26.4 Å². The van der Waals surface area contributed by atoms with E-state index in [1.807, 2.05) is 18.2 Å². The maximum atomic E-state index is 12.5. The quantitative estimate of drug-likeness (QED) is 0.808. The van der Waals surface area contributed by atoms with Gasteiger partial charge in [0.25, 0.3) is 0 Å². The number of hydrogen-bond acceptors (Lipinski definition) is 5. The van der Waals surface area contributed by atoms with Crippen LogP contribution >= 0.6 is 0 Å². The average molecular weight is 396 g/mol. The molecule has 1 saturated heterocycles. The van der Waals surface area contributed by atoms with Gasteiger partial charge in [-0.1, -0.05) is 12.1 Å². The van der Waals surface area contributed by atoms with Crippen LogP contribution in [0.4, 0.5) is 13.2 Å². The Morgan fingerprint density at radius 2 is 1.57 bits per heavy atom. The van der Waals surface area contributed by atoms with E-state index in [0.29, 0.717) is 11.5 Å². The van der Waals surface area contributed by atoms with Crippen LogP contribution in [-0.2, 0) is 0 Å². The number of hydrogen-bond donors (Lipinski definition) is 1. The Balaban J connectivity index is 1.98. The minimum atomic E-state index is -4.71. The number of alkyl halides is 3. The molecule has 0 radical (unpaired) electrons. The molecule has 0 bridgehead atoms. The van der Waals surface area contributed by atoms with Gasteiger partial charge < -0.3 is 19.5 Å². The summed E-state index contributed by atoms with van der Waals surface area (Å²) in [5.74, 6) is 1.10.